The van der Waals surface area contributed by atoms with Crippen LogP contribution in [0, 0.1) is 11.3 Å². The molecule has 1 heterocycles. The van der Waals surface area contributed by atoms with Crippen molar-refractivity contribution in [2.75, 3.05) is 11.9 Å². The van der Waals surface area contributed by atoms with Gasteiger partial charge in [-0.05, 0) is 36.2 Å². The molecule has 1 N–H and O–H groups in total. The van der Waals surface area contributed by atoms with Gasteiger partial charge in [0.25, 0.3) is 0 Å². The average Bonchev–Trinajstić information content (AvgIpc) is 3.11. The van der Waals surface area contributed by atoms with Crippen molar-refractivity contribution in [3.8, 4) is 22.9 Å². The normalized spacial score (nSPS) is 10.2. The monoisotopic (exact) mass is 374 g/mol. The number of hydrogen-bond donors (Lipinski definition) is 1. The molecule has 0 fully saturated rings. The van der Waals surface area contributed by atoms with E-state index in [-0.39, 0.29) is 23.9 Å². The molecule has 3 rings (SSSR count). The molecule has 0 aliphatic rings. The van der Waals surface area contributed by atoms with Crippen LogP contribution in [-0.2, 0) is 9.53 Å². The lowest BCUT2D eigenvalue weighted by Crippen LogP contribution is -2.12. The van der Waals surface area contributed by atoms with Gasteiger partial charge in [0, 0.05) is 13.1 Å². The molecule has 140 valence electrons. The number of carbonyl (C=O) groups excluding carboxylic acids is 2. The summed E-state index contributed by atoms with van der Waals surface area (Å²) in [5.74, 6) is -0.749. The van der Waals surface area contributed by atoms with Crippen LogP contribution in [0.1, 0.15) is 29.8 Å². The zero-order valence-corrected chi connectivity index (χ0v) is 15.5. The number of benzene rings is 2. The largest absolute Gasteiger partial charge is 0.462 e. The van der Waals surface area contributed by atoms with E-state index in [4.69, 9.17) is 4.74 Å². The first kappa shape index (κ1) is 18.9. The van der Waals surface area contributed by atoms with Crippen molar-refractivity contribution in [2.24, 2.45) is 0 Å². The number of nitriles is 1. The van der Waals surface area contributed by atoms with E-state index in [0.29, 0.717) is 11.3 Å². The Bertz CT molecular complexity index is 1060. The highest BCUT2D eigenvalue weighted by Gasteiger charge is 2.19. The van der Waals surface area contributed by atoms with E-state index < -0.39 is 5.97 Å². The summed E-state index contributed by atoms with van der Waals surface area (Å²) in [5.41, 5.74) is 3.19. The fraction of sp³-hybridized carbons (Fsp3) is 0.143. The molecule has 3 aromatic rings. The molecule has 0 bridgehead atoms. The third kappa shape index (κ3) is 3.91. The highest BCUT2D eigenvalue weighted by atomic mass is 16.5. The molecule has 28 heavy (non-hydrogen) atoms. The zero-order chi connectivity index (χ0) is 20.1. The minimum Gasteiger partial charge on any atom is -0.462 e. The van der Waals surface area contributed by atoms with Crippen LogP contribution in [0.25, 0.3) is 16.8 Å². The van der Waals surface area contributed by atoms with E-state index in [9.17, 15) is 14.9 Å². The Morgan fingerprint density at radius 3 is 2.54 bits per heavy atom. The molecule has 2 aromatic carbocycles. The minimum absolute atomic E-state index is 0.143. The number of carbonyl (C=O) groups is 2. The van der Waals surface area contributed by atoms with Crippen LogP contribution in [0.15, 0.2) is 54.7 Å². The van der Waals surface area contributed by atoms with Crippen LogP contribution < -0.4 is 5.32 Å². The number of nitrogens with one attached hydrogen (secondary N) is 1. The van der Waals surface area contributed by atoms with Crippen LogP contribution in [-0.4, -0.2) is 28.3 Å². The number of hydrogen-bond acceptors (Lipinski definition) is 5. The Kier molecular flexibility index (Phi) is 5.51. The van der Waals surface area contributed by atoms with E-state index in [1.807, 2.05) is 42.5 Å². The molecule has 7 nitrogen and oxygen atoms in total. The number of anilines is 1. The molecular formula is C21H18N4O3. The van der Waals surface area contributed by atoms with Crippen molar-refractivity contribution in [3.05, 3.63) is 65.9 Å². The van der Waals surface area contributed by atoms with Gasteiger partial charge in [-0.25, -0.2) is 9.48 Å². The molecule has 0 unspecified atom stereocenters. The van der Waals surface area contributed by atoms with Crippen molar-refractivity contribution in [1.82, 2.24) is 9.78 Å². The van der Waals surface area contributed by atoms with Crippen molar-refractivity contribution < 1.29 is 14.3 Å². The van der Waals surface area contributed by atoms with Crippen molar-refractivity contribution in [3.63, 3.8) is 0 Å². The molecule has 1 amide bonds. The molecule has 7 heteroatoms. The summed E-state index contributed by atoms with van der Waals surface area (Å²) in [7, 11) is 0. The molecule has 0 aliphatic heterocycles. The lowest BCUT2D eigenvalue weighted by molar-refractivity contribution is -0.114. The SMILES string of the molecule is CCOC(=O)c1cn(-c2ccc(-c3ccccc3C#N)cc2)nc1NC(C)=O. The first-order chi connectivity index (χ1) is 13.5. The quantitative estimate of drug-likeness (QED) is 0.689. The molecule has 0 saturated carbocycles. The summed E-state index contributed by atoms with van der Waals surface area (Å²) in [6.07, 6.45) is 1.52. The summed E-state index contributed by atoms with van der Waals surface area (Å²) >= 11 is 0. The van der Waals surface area contributed by atoms with Gasteiger partial charge in [0.15, 0.2) is 5.82 Å². The number of esters is 1. The highest BCUT2D eigenvalue weighted by Crippen LogP contribution is 2.25. The maximum absolute atomic E-state index is 12.1. The maximum Gasteiger partial charge on any atom is 0.343 e. The molecule has 0 saturated heterocycles. The zero-order valence-electron chi connectivity index (χ0n) is 15.5. The number of rotatable bonds is 5. The lowest BCUT2D eigenvalue weighted by atomic mass is 10.0. The van der Waals surface area contributed by atoms with Crippen molar-refractivity contribution in [2.45, 2.75) is 13.8 Å². The number of nitrogens with zero attached hydrogens (tertiary/aromatic N) is 3. The summed E-state index contributed by atoms with van der Waals surface area (Å²) in [6.45, 7) is 3.27. The smallest absolute Gasteiger partial charge is 0.343 e. The lowest BCUT2D eigenvalue weighted by Gasteiger charge is -2.06. The van der Waals surface area contributed by atoms with Gasteiger partial charge in [-0.1, -0.05) is 30.3 Å². The minimum atomic E-state index is -0.558. The van der Waals surface area contributed by atoms with Crippen molar-refractivity contribution in [1.29, 1.82) is 5.26 Å². The van der Waals surface area contributed by atoms with Gasteiger partial charge in [-0.3, -0.25) is 4.79 Å². The molecule has 0 aliphatic carbocycles. The second-order valence-corrected chi connectivity index (χ2v) is 5.94. The number of ether oxygens (including phenoxy) is 1. The van der Waals surface area contributed by atoms with Gasteiger partial charge in [0.2, 0.25) is 5.91 Å². The molecule has 0 spiro atoms. The van der Waals surface area contributed by atoms with Gasteiger partial charge >= 0.3 is 5.97 Å². The fourth-order valence-electron chi connectivity index (χ4n) is 2.75. The first-order valence-electron chi connectivity index (χ1n) is 8.67. The Morgan fingerprint density at radius 1 is 1.18 bits per heavy atom. The van der Waals surface area contributed by atoms with E-state index in [2.05, 4.69) is 16.5 Å². The molecular weight excluding hydrogens is 356 g/mol. The van der Waals surface area contributed by atoms with E-state index in [0.717, 1.165) is 11.1 Å². The Morgan fingerprint density at radius 2 is 1.89 bits per heavy atom. The Labute approximate surface area is 162 Å². The second kappa shape index (κ2) is 8.18. The summed E-state index contributed by atoms with van der Waals surface area (Å²) in [6, 6.07) is 16.9. The molecule has 0 atom stereocenters. The predicted molar refractivity (Wildman–Crippen MR) is 104 cm³/mol. The highest BCUT2D eigenvalue weighted by molar-refractivity contribution is 5.99. The van der Waals surface area contributed by atoms with Crippen LogP contribution >= 0.6 is 0 Å². The van der Waals surface area contributed by atoms with E-state index >= 15 is 0 Å². The van der Waals surface area contributed by atoms with Crippen LogP contribution in [0.5, 0.6) is 0 Å². The summed E-state index contributed by atoms with van der Waals surface area (Å²) in [4.78, 5) is 23.6. The summed E-state index contributed by atoms with van der Waals surface area (Å²) in [5, 5.41) is 16.1. The van der Waals surface area contributed by atoms with Crippen LogP contribution in [0.2, 0.25) is 0 Å². The van der Waals surface area contributed by atoms with Crippen LogP contribution in [0.3, 0.4) is 0 Å². The first-order valence-corrected chi connectivity index (χ1v) is 8.67. The van der Waals surface area contributed by atoms with Gasteiger partial charge in [-0.2, -0.15) is 5.26 Å². The van der Waals surface area contributed by atoms with Gasteiger partial charge < -0.3 is 10.1 Å². The van der Waals surface area contributed by atoms with Gasteiger partial charge in [0.1, 0.15) is 5.56 Å². The maximum atomic E-state index is 12.1. The van der Waals surface area contributed by atoms with E-state index in [1.165, 1.54) is 17.8 Å². The standard InChI is InChI=1S/C21H18N4O3/c1-3-28-21(27)19-13-25(24-20(19)23-14(2)26)17-10-8-15(9-11-17)18-7-5-4-6-16(18)12-22/h4-11,13H,3H2,1-2H3,(H,23,24,26). The third-order valence-electron chi connectivity index (χ3n) is 3.99. The fourth-order valence-corrected chi connectivity index (χ4v) is 2.75. The Balaban J connectivity index is 1.96. The molecule has 1 aromatic heterocycles. The van der Waals surface area contributed by atoms with Crippen LogP contribution in [0.4, 0.5) is 5.82 Å². The van der Waals surface area contributed by atoms with E-state index in [1.54, 1.807) is 13.0 Å². The van der Waals surface area contributed by atoms with Gasteiger partial charge in [-0.15, -0.1) is 5.10 Å². The van der Waals surface area contributed by atoms with Crippen molar-refractivity contribution >= 4 is 17.7 Å². The molecule has 0 radical (unpaired) electrons. The third-order valence-corrected chi connectivity index (χ3v) is 3.99. The van der Waals surface area contributed by atoms with Gasteiger partial charge in [0.05, 0.1) is 23.9 Å². The Hall–Kier alpha value is -3.92. The predicted octanol–water partition coefficient (Wildman–Crippen LogP) is 3.55. The second-order valence-electron chi connectivity index (χ2n) is 5.94. The number of amides is 1. The average molecular weight is 374 g/mol. The number of aromatic nitrogens is 2. The topological polar surface area (TPSA) is 97.0 Å². The summed E-state index contributed by atoms with van der Waals surface area (Å²) < 4.78 is 6.53.